The molecule has 0 spiro atoms. The Labute approximate surface area is 174 Å². The van der Waals surface area contributed by atoms with E-state index in [0.717, 1.165) is 28.2 Å². The molecule has 0 aliphatic carbocycles. The first-order valence-electron chi connectivity index (χ1n) is 9.41. The molecule has 0 fully saturated rings. The van der Waals surface area contributed by atoms with Gasteiger partial charge in [-0.25, -0.2) is 0 Å². The zero-order chi connectivity index (χ0) is 20.4. The van der Waals surface area contributed by atoms with Gasteiger partial charge < -0.3 is 14.8 Å². The van der Waals surface area contributed by atoms with Crippen LogP contribution in [0.3, 0.4) is 0 Å². The lowest BCUT2D eigenvalue weighted by Gasteiger charge is -2.24. The van der Waals surface area contributed by atoms with Crippen LogP contribution >= 0.6 is 11.6 Å². The standard InChI is InChI=1S/C22H22ClN3O3/c1-22(2,21(27)24-12-15-4-3-5-18(23)10-15)26-14-17(13-25-26)16-6-7-19-20(11-16)29-9-8-28-19/h3-7,10-11,13-14H,8-9,12H2,1-2H3,(H,24,27). The van der Waals surface area contributed by atoms with Gasteiger partial charge in [0.1, 0.15) is 18.8 Å². The van der Waals surface area contributed by atoms with Crippen LogP contribution in [0.4, 0.5) is 0 Å². The summed E-state index contributed by atoms with van der Waals surface area (Å²) >= 11 is 6.01. The Balaban J connectivity index is 1.49. The summed E-state index contributed by atoms with van der Waals surface area (Å²) < 4.78 is 12.9. The van der Waals surface area contributed by atoms with Crippen LogP contribution in [0.25, 0.3) is 11.1 Å². The topological polar surface area (TPSA) is 65.4 Å². The molecule has 2 heterocycles. The molecular weight excluding hydrogens is 390 g/mol. The Kier molecular flexibility index (Phi) is 5.20. The van der Waals surface area contributed by atoms with Crippen LogP contribution in [0.15, 0.2) is 54.9 Å². The minimum Gasteiger partial charge on any atom is -0.486 e. The zero-order valence-electron chi connectivity index (χ0n) is 16.3. The molecule has 3 aromatic rings. The zero-order valence-corrected chi connectivity index (χ0v) is 17.1. The van der Waals surface area contributed by atoms with E-state index in [2.05, 4.69) is 10.4 Å². The third-order valence-electron chi connectivity index (χ3n) is 4.93. The van der Waals surface area contributed by atoms with E-state index in [0.29, 0.717) is 24.8 Å². The fourth-order valence-electron chi connectivity index (χ4n) is 3.15. The normalized spacial score (nSPS) is 13.2. The second kappa shape index (κ2) is 7.79. The molecule has 0 radical (unpaired) electrons. The van der Waals surface area contributed by atoms with Crippen LogP contribution in [0.2, 0.25) is 5.02 Å². The number of rotatable bonds is 5. The second-order valence-corrected chi connectivity index (χ2v) is 7.84. The molecule has 0 bridgehead atoms. The van der Waals surface area contributed by atoms with Crippen molar-refractivity contribution in [2.45, 2.75) is 25.9 Å². The summed E-state index contributed by atoms with van der Waals surface area (Å²) in [5.41, 5.74) is 1.94. The van der Waals surface area contributed by atoms with Crippen molar-refractivity contribution >= 4 is 17.5 Å². The highest BCUT2D eigenvalue weighted by atomic mass is 35.5. The number of hydrogen-bond acceptors (Lipinski definition) is 4. The van der Waals surface area contributed by atoms with Crippen molar-refractivity contribution in [1.29, 1.82) is 0 Å². The maximum Gasteiger partial charge on any atom is 0.247 e. The number of benzene rings is 2. The van der Waals surface area contributed by atoms with Crippen molar-refractivity contribution in [2.24, 2.45) is 0 Å². The average Bonchev–Trinajstić information content (AvgIpc) is 3.23. The van der Waals surface area contributed by atoms with Crippen molar-refractivity contribution in [2.75, 3.05) is 13.2 Å². The number of hydrogen-bond donors (Lipinski definition) is 1. The summed E-state index contributed by atoms with van der Waals surface area (Å²) in [5.74, 6) is 1.34. The molecule has 4 rings (SSSR count). The first-order valence-corrected chi connectivity index (χ1v) is 9.79. The number of carbonyl (C=O) groups excluding carboxylic acids is 1. The first kappa shape index (κ1) is 19.3. The number of carbonyl (C=O) groups is 1. The Morgan fingerprint density at radius 1 is 1.14 bits per heavy atom. The molecule has 6 nitrogen and oxygen atoms in total. The summed E-state index contributed by atoms with van der Waals surface area (Å²) in [5, 5.41) is 8.03. The molecule has 7 heteroatoms. The summed E-state index contributed by atoms with van der Waals surface area (Å²) in [4.78, 5) is 12.8. The molecule has 1 amide bonds. The van der Waals surface area contributed by atoms with Gasteiger partial charge in [-0.2, -0.15) is 5.10 Å². The van der Waals surface area contributed by atoms with E-state index in [1.807, 2.05) is 56.4 Å². The van der Waals surface area contributed by atoms with Crippen LogP contribution in [-0.2, 0) is 16.9 Å². The van der Waals surface area contributed by atoms with Crippen LogP contribution in [0, 0.1) is 0 Å². The minimum absolute atomic E-state index is 0.130. The van der Waals surface area contributed by atoms with E-state index in [1.165, 1.54) is 0 Å². The molecule has 0 atom stereocenters. The number of nitrogens with one attached hydrogen (secondary N) is 1. The van der Waals surface area contributed by atoms with E-state index in [1.54, 1.807) is 16.9 Å². The second-order valence-electron chi connectivity index (χ2n) is 7.40. The molecule has 1 aliphatic heterocycles. The molecule has 0 saturated carbocycles. The number of ether oxygens (including phenoxy) is 2. The molecule has 1 aliphatic rings. The summed E-state index contributed by atoms with van der Waals surface area (Å²) in [6.07, 6.45) is 3.61. The monoisotopic (exact) mass is 411 g/mol. The van der Waals surface area contributed by atoms with Crippen LogP contribution in [0.1, 0.15) is 19.4 Å². The molecule has 0 unspecified atom stereocenters. The largest absolute Gasteiger partial charge is 0.486 e. The van der Waals surface area contributed by atoms with E-state index in [4.69, 9.17) is 21.1 Å². The van der Waals surface area contributed by atoms with Gasteiger partial charge in [-0.15, -0.1) is 0 Å². The molecule has 29 heavy (non-hydrogen) atoms. The highest BCUT2D eigenvalue weighted by Crippen LogP contribution is 2.34. The van der Waals surface area contributed by atoms with E-state index < -0.39 is 5.54 Å². The highest BCUT2D eigenvalue weighted by Gasteiger charge is 2.30. The van der Waals surface area contributed by atoms with Gasteiger partial charge in [0.25, 0.3) is 0 Å². The molecule has 150 valence electrons. The summed E-state index contributed by atoms with van der Waals surface area (Å²) in [7, 11) is 0. The lowest BCUT2D eigenvalue weighted by Crippen LogP contribution is -2.44. The summed E-state index contributed by atoms with van der Waals surface area (Å²) in [6.45, 7) is 5.17. The van der Waals surface area contributed by atoms with Gasteiger partial charge in [0, 0.05) is 23.3 Å². The number of amides is 1. The van der Waals surface area contributed by atoms with Crippen LogP contribution in [0.5, 0.6) is 11.5 Å². The number of fused-ring (bicyclic) bond motifs is 1. The Morgan fingerprint density at radius 2 is 1.93 bits per heavy atom. The maximum absolute atomic E-state index is 12.8. The molecule has 0 saturated heterocycles. The SMILES string of the molecule is CC(C)(C(=O)NCc1cccc(Cl)c1)n1cc(-c2ccc3c(c2)OCCO3)cn1. The molecule has 1 N–H and O–H groups in total. The van der Waals surface area contributed by atoms with Gasteiger partial charge in [-0.3, -0.25) is 9.48 Å². The highest BCUT2D eigenvalue weighted by molar-refractivity contribution is 6.30. The predicted octanol–water partition coefficient (Wildman–Crippen LogP) is 4.03. The van der Waals surface area contributed by atoms with Crippen molar-refractivity contribution in [3.8, 4) is 22.6 Å². The van der Waals surface area contributed by atoms with Crippen molar-refractivity contribution in [1.82, 2.24) is 15.1 Å². The maximum atomic E-state index is 12.8. The molecule has 1 aromatic heterocycles. The Morgan fingerprint density at radius 3 is 2.72 bits per heavy atom. The Bertz CT molecular complexity index is 1050. The lowest BCUT2D eigenvalue weighted by molar-refractivity contribution is -0.129. The quantitative estimate of drug-likeness (QED) is 0.688. The molecular formula is C22H22ClN3O3. The lowest BCUT2D eigenvalue weighted by atomic mass is 10.0. The third kappa shape index (κ3) is 4.07. The van der Waals surface area contributed by atoms with Crippen LogP contribution in [-0.4, -0.2) is 28.9 Å². The number of nitrogens with zero attached hydrogens (tertiary/aromatic N) is 2. The summed E-state index contributed by atoms with van der Waals surface area (Å²) in [6, 6.07) is 13.2. The van der Waals surface area contributed by atoms with E-state index >= 15 is 0 Å². The van der Waals surface area contributed by atoms with Gasteiger partial charge in [0.05, 0.1) is 6.20 Å². The van der Waals surface area contributed by atoms with Crippen molar-refractivity contribution in [3.63, 3.8) is 0 Å². The van der Waals surface area contributed by atoms with Gasteiger partial charge in [-0.05, 0) is 49.2 Å². The predicted molar refractivity (Wildman–Crippen MR) is 111 cm³/mol. The van der Waals surface area contributed by atoms with Crippen molar-refractivity contribution < 1.29 is 14.3 Å². The fourth-order valence-corrected chi connectivity index (χ4v) is 3.36. The third-order valence-corrected chi connectivity index (χ3v) is 5.16. The number of halogens is 1. The van der Waals surface area contributed by atoms with Gasteiger partial charge in [0.2, 0.25) is 5.91 Å². The van der Waals surface area contributed by atoms with Gasteiger partial charge in [-0.1, -0.05) is 29.8 Å². The smallest absolute Gasteiger partial charge is 0.247 e. The average molecular weight is 412 g/mol. The number of aromatic nitrogens is 2. The van der Waals surface area contributed by atoms with Gasteiger partial charge in [0.15, 0.2) is 11.5 Å². The van der Waals surface area contributed by atoms with Gasteiger partial charge >= 0.3 is 0 Å². The van der Waals surface area contributed by atoms with Crippen LogP contribution < -0.4 is 14.8 Å². The van der Waals surface area contributed by atoms with Crippen molar-refractivity contribution in [3.05, 3.63) is 65.4 Å². The van der Waals surface area contributed by atoms with E-state index in [9.17, 15) is 4.79 Å². The molecule has 2 aromatic carbocycles. The minimum atomic E-state index is -0.857. The fraction of sp³-hybridized carbons (Fsp3) is 0.273. The first-order chi connectivity index (χ1) is 13.9. The Hall–Kier alpha value is -2.99. The van der Waals surface area contributed by atoms with E-state index in [-0.39, 0.29) is 5.91 Å².